The molecule has 0 saturated carbocycles. The summed E-state index contributed by atoms with van der Waals surface area (Å²) < 4.78 is 0. The highest BCUT2D eigenvalue weighted by atomic mass is 15.1. The molecule has 0 aliphatic heterocycles. The van der Waals surface area contributed by atoms with Gasteiger partial charge >= 0.3 is 0 Å². The second-order valence-corrected chi connectivity index (χ2v) is 4.11. The van der Waals surface area contributed by atoms with Crippen molar-refractivity contribution in [2.24, 2.45) is 5.92 Å². The molecule has 0 bridgehead atoms. The van der Waals surface area contributed by atoms with E-state index in [-0.39, 0.29) is 0 Å². The van der Waals surface area contributed by atoms with Gasteiger partial charge in [0.05, 0.1) is 0 Å². The summed E-state index contributed by atoms with van der Waals surface area (Å²) in [7, 11) is 2.20. The summed E-state index contributed by atoms with van der Waals surface area (Å²) in [5.41, 5.74) is 0. The summed E-state index contributed by atoms with van der Waals surface area (Å²) in [4.78, 5) is 2.41. The Kier molecular flexibility index (Phi) is 9.00. The Labute approximate surface area is 89.4 Å². The number of rotatable bonds is 9. The van der Waals surface area contributed by atoms with Crippen LogP contribution in [0, 0.1) is 5.92 Å². The third-order valence-electron chi connectivity index (χ3n) is 2.31. The molecule has 0 fully saturated rings. The smallest absolute Gasteiger partial charge is 0.00161 e. The molecule has 0 aromatic rings. The number of hydrogen-bond acceptors (Lipinski definition) is 2. The number of unbranched alkanes of at least 4 members (excludes halogenated alkanes) is 1. The van der Waals surface area contributed by atoms with Crippen LogP contribution in [0.5, 0.6) is 0 Å². The van der Waals surface area contributed by atoms with E-state index in [4.69, 9.17) is 0 Å². The van der Waals surface area contributed by atoms with E-state index < -0.39 is 0 Å². The molecule has 0 rings (SSSR count). The Bertz CT molecular complexity index is 134. The van der Waals surface area contributed by atoms with Gasteiger partial charge in [0.25, 0.3) is 0 Å². The van der Waals surface area contributed by atoms with Crippen LogP contribution in [0.25, 0.3) is 0 Å². The predicted octanol–water partition coefficient (Wildman–Crippen LogP) is 2.13. The van der Waals surface area contributed by atoms with Gasteiger partial charge in [-0.2, -0.15) is 0 Å². The third-order valence-corrected chi connectivity index (χ3v) is 2.31. The zero-order valence-electron chi connectivity index (χ0n) is 10.1. The first kappa shape index (κ1) is 13.7. The van der Waals surface area contributed by atoms with Gasteiger partial charge in [0.1, 0.15) is 0 Å². The summed E-state index contributed by atoms with van der Waals surface area (Å²) in [6, 6.07) is 0. The molecule has 84 valence electrons. The second-order valence-electron chi connectivity index (χ2n) is 4.11. The van der Waals surface area contributed by atoms with Crippen molar-refractivity contribution in [3.63, 3.8) is 0 Å². The van der Waals surface area contributed by atoms with Crippen LogP contribution >= 0.6 is 0 Å². The largest absolute Gasteiger partial charge is 0.317 e. The van der Waals surface area contributed by atoms with Crippen molar-refractivity contribution in [3.8, 4) is 0 Å². The van der Waals surface area contributed by atoms with Gasteiger partial charge in [0, 0.05) is 6.54 Å². The normalized spacial score (nSPS) is 13.1. The van der Waals surface area contributed by atoms with Crippen molar-refractivity contribution in [1.82, 2.24) is 10.2 Å². The molecule has 2 nitrogen and oxygen atoms in total. The molecule has 0 aromatic heterocycles. The van der Waals surface area contributed by atoms with E-state index in [1.807, 2.05) is 6.08 Å². The van der Waals surface area contributed by atoms with Crippen LogP contribution in [-0.2, 0) is 0 Å². The van der Waals surface area contributed by atoms with Crippen molar-refractivity contribution in [1.29, 1.82) is 0 Å². The van der Waals surface area contributed by atoms with Crippen LogP contribution in [0.2, 0.25) is 0 Å². The number of nitrogens with one attached hydrogen (secondary N) is 1. The topological polar surface area (TPSA) is 15.3 Å². The maximum Gasteiger partial charge on any atom is 0.00161 e. The zero-order valence-corrected chi connectivity index (χ0v) is 10.1. The zero-order chi connectivity index (χ0) is 10.8. The lowest BCUT2D eigenvalue weighted by molar-refractivity contribution is 0.279. The summed E-state index contributed by atoms with van der Waals surface area (Å²) >= 11 is 0. The fourth-order valence-corrected chi connectivity index (χ4v) is 1.58. The Balaban J connectivity index is 3.39. The van der Waals surface area contributed by atoms with E-state index in [0.717, 1.165) is 25.4 Å². The molecule has 0 radical (unpaired) electrons. The minimum atomic E-state index is 0.740. The van der Waals surface area contributed by atoms with Gasteiger partial charge < -0.3 is 10.2 Å². The molecule has 0 aromatic carbocycles. The maximum atomic E-state index is 3.73. The van der Waals surface area contributed by atoms with Gasteiger partial charge in [-0.05, 0) is 45.4 Å². The molecule has 0 amide bonds. The summed E-state index contributed by atoms with van der Waals surface area (Å²) in [5.74, 6) is 0.740. The van der Waals surface area contributed by atoms with Gasteiger partial charge in [0.15, 0.2) is 0 Å². The van der Waals surface area contributed by atoms with Crippen LogP contribution in [0.15, 0.2) is 12.7 Å². The molecule has 0 heterocycles. The predicted molar refractivity (Wildman–Crippen MR) is 64.6 cm³/mol. The molecule has 1 unspecified atom stereocenters. The SMILES string of the molecule is C=CCCCN(C)CC(C)CNCC. The molecule has 2 heteroatoms. The highest BCUT2D eigenvalue weighted by Crippen LogP contribution is 1.99. The van der Waals surface area contributed by atoms with Crippen LogP contribution in [0.1, 0.15) is 26.7 Å². The first-order valence-corrected chi connectivity index (χ1v) is 5.70. The monoisotopic (exact) mass is 198 g/mol. The average Bonchev–Trinajstić information content (AvgIpc) is 2.15. The van der Waals surface area contributed by atoms with E-state index in [9.17, 15) is 0 Å². The molecule has 1 N–H and O–H groups in total. The fraction of sp³-hybridized carbons (Fsp3) is 0.833. The molecule has 1 atom stereocenters. The van der Waals surface area contributed by atoms with Crippen molar-refractivity contribution < 1.29 is 0 Å². The van der Waals surface area contributed by atoms with Crippen LogP contribution in [0.4, 0.5) is 0 Å². The first-order chi connectivity index (χ1) is 6.70. The van der Waals surface area contributed by atoms with Gasteiger partial charge in [-0.3, -0.25) is 0 Å². The van der Waals surface area contributed by atoms with Gasteiger partial charge in [-0.25, -0.2) is 0 Å². The molecule has 0 aliphatic carbocycles. The van der Waals surface area contributed by atoms with E-state index in [1.54, 1.807) is 0 Å². The molecule has 0 spiro atoms. The Hall–Kier alpha value is -0.340. The van der Waals surface area contributed by atoms with Gasteiger partial charge in [-0.15, -0.1) is 6.58 Å². The number of hydrogen-bond donors (Lipinski definition) is 1. The highest BCUT2D eigenvalue weighted by Gasteiger charge is 2.04. The Morgan fingerprint density at radius 1 is 1.50 bits per heavy atom. The van der Waals surface area contributed by atoms with Crippen LogP contribution in [-0.4, -0.2) is 38.1 Å². The minimum Gasteiger partial charge on any atom is -0.317 e. The second kappa shape index (κ2) is 9.22. The van der Waals surface area contributed by atoms with E-state index in [2.05, 4.69) is 37.7 Å². The van der Waals surface area contributed by atoms with Crippen molar-refractivity contribution in [3.05, 3.63) is 12.7 Å². The quantitative estimate of drug-likeness (QED) is 0.451. The highest BCUT2D eigenvalue weighted by molar-refractivity contribution is 4.68. The van der Waals surface area contributed by atoms with Crippen LogP contribution < -0.4 is 5.32 Å². The summed E-state index contributed by atoms with van der Waals surface area (Å²) in [6.07, 6.45) is 4.36. The number of nitrogens with zero attached hydrogens (tertiary/aromatic N) is 1. The molecular weight excluding hydrogens is 172 g/mol. The third kappa shape index (κ3) is 8.27. The van der Waals surface area contributed by atoms with Crippen molar-refractivity contribution in [2.75, 3.05) is 33.2 Å². The Morgan fingerprint density at radius 3 is 2.79 bits per heavy atom. The maximum absolute atomic E-state index is 3.73. The molecule has 14 heavy (non-hydrogen) atoms. The van der Waals surface area contributed by atoms with Crippen molar-refractivity contribution in [2.45, 2.75) is 26.7 Å². The standard InChI is InChI=1S/C12H26N2/c1-5-7-8-9-14(4)11-12(3)10-13-6-2/h5,12-13H,1,6-11H2,2-4H3. The van der Waals surface area contributed by atoms with Gasteiger partial charge in [-0.1, -0.05) is 19.9 Å². The van der Waals surface area contributed by atoms with E-state index in [0.29, 0.717) is 0 Å². The van der Waals surface area contributed by atoms with E-state index >= 15 is 0 Å². The number of allylic oxidation sites excluding steroid dienone is 1. The van der Waals surface area contributed by atoms with Gasteiger partial charge in [0.2, 0.25) is 0 Å². The Morgan fingerprint density at radius 2 is 2.21 bits per heavy atom. The minimum absolute atomic E-state index is 0.740. The van der Waals surface area contributed by atoms with E-state index in [1.165, 1.54) is 19.5 Å². The lowest BCUT2D eigenvalue weighted by Crippen LogP contribution is -2.31. The average molecular weight is 198 g/mol. The fourth-order valence-electron chi connectivity index (χ4n) is 1.58. The lowest BCUT2D eigenvalue weighted by Gasteiger charge is -2.21. The lowest BCUT2D eigenvalue weighted by atomic mass is 10.1. The molecule has 0 aliphatic rings. The first-order valence-electron chi connectivity index (χ1n) is 5.70. The van der Waals surface area contributed by atoms with Crippen molar-refractivity contribution >= 4 is 0 Å². The summed E-state index contributed by atoms with van der Waals surface area (Å²) in [5, 5.41) is 3.38. The summed E-state index contributed by atoms with van der Waals surface area (Å²) in [6.45, 7) is 12.8. The molecule has 0 saturated heterocycles. The van der Waals surface area contributed by atoms with Crippen LogP contribution in [0.3, 0.4) is 0 Å². The molecular formula is C12H26N2.